The number of non-ortho nitro benzene ring substituents is 1. The first-order valence-electron chi connectivity index (χ1n) is 8.05. The number of carbonyl (C=O) groups is 1. The van der Waals surface area contributed by atoms with Gasteiger partial charge in [0.1, 0.15) is 0 Å². The van der Waals surface area contributed by atoms with E-state index < -0.39 is 17.9 Å². The molecular weight excluding hydrogens is 320 g/mol. The molecule has 1 aliphatic carbocycles. The summed E-state index contributed by atoms with van der Waals surface area (Å²) < 4.78 is 25.4. The average Bonchev–Trinajstić information content (AvgIpc) is 3.37. The molecule has 130 valence electrons. The Balaban J connectivity index is 1.75. The predicted molar refractivity (Wildman–Crippen MR) is 84.4 cm³/mol. The molecule has 0 aromatic heterocycles. The second-order valence-corrected chi connectivity index (χ2v) is 6.27. The second kappa shape index (κ2) is 6.80. The van der Waals surface area contributed by atoms with Gasteiger partial charge in [-0.2, -0.15) is 0 Å². The first kappa shape index (κ1) is 16.8. The fourth-order valence-electron chi connectivity index (χ4n) is 3.17. The largest absolute Gasteiger partial charge is 0.311 e. The summed E-state index contributed by atoms with van der Waals surface area (Å²) in [5.74, 6) is -0.225. The van der Waals surface area contributed by atoms with Gasteiger partial charge in [0.2, 0.25) is 5.91 Å². The van der Waals surface area contributed by atoms with Crippen molar-refractivity contribution in [1.29, 1.82) is 0 Å². The van der Waals surface area contributed by atoms with Gasteiger partial charge in [-0.05, 0) is 37.3 Å². The molecule has 0 radical (unpaired) electrons. The van der Waals surface area contributed by atoms with Crippen molar-refractivity contribution < 1.29 is 18.5 Å². The average molecular weight is 339 g/mol. The lowest BCUT2D eigenvalue weighted by Crippen LogP contribution is -2.44. The van der Waals surface area contributed by atoms with Crippen LogP contribution >= 0.6 is 0 Å². The molecule has 1 heterocycles. The molecule has 1 aromatic rings. The smallest absolute Gasteiger partial charge is 0.269 e. The second-order valence-electron chi connectivity index (χ2n) is 6.27. The number of rotatable bonds is 6. The maximum atomic E-state index is 12.7. The Labute approximate surface area is 138 Å². The Kier molecular flexibility index (Phi) is 4.75. The van der Waals surface area contributed by atoms with Gasteiger partial charge in [0.05, 0.1) is 18.0 Å². The van der Waals surface area contributed by atoms with Crippen LogP contribution in [-0.2, 0) is 11.2 Å². The lowest BCUT2D eigenvalue weighted by Gasteiger charge is -2.31. The van der Waals surface area contributed by atoms with E-state index in [2.05, 4.69) is 0 Å². The molecule has 8 heteroatoms. The summed E-state index contributed by atoms with van der Waals surface area (Å²) in [7, 11) is 0. The first-order valence-corrected chi connectivity index (χ1v) is 8.05. The highest BCUT2D eigenvalue weighted by Gasteiger charge is 2.34. The Hall–Kier alpha value is -2.09. The van der Waals surface area contributed by atoms with Crippen LogP contribution in [0.4, 0.5) is 20.2 Å². The van der Waals surface area contributed by atoms with Gasteiger partial charge in [-0.25, -0.2) is 8.78 Å². The zero-order chi connectivity index (χ0) is 17.3. The summed E-state index contributed by atoms with van der Waals surface area (Å²) in [6.45, 7) is 0.0830. The zero-order valence-corrected chi connectivity index (χ0v) is 13.2. The highest BCUT2D eigenvalue weighted by atomic mass is 19.3. The van der Waals surface area contributed by atoms with E-state index in [4.69, 9.17) is 0 Å². The number of anilines is 1. The highest BCUT2D eigenvalue weighted by Crippen LogP contribution is 2.32. The van der Waals surface area contributed by atoms with E-state index in [-0.39, 0.29) is 24.2 Å². The van der Waals surface area contributed by atoms with E-state index in [0.29, 0.717) is 25.1 Å². The van der Waals surface area contributed by atoms with Crippen molar-refractivity contribution in [1.82, 2.24) is 4.90 Å². The predicted octanol–water partition coefficient (Wildman–Crippen LogP) is 2.60. The SMILES string of the molecule is O=C(CN(CC(F)F)C1CC1)N1CCCc2cc([N+](=O)[O-])ccc21. The standard InChI is InChI=1S/C16H19F2N3O3/c17-15(18)9-19(12-3-4-12)10-16(22)20-7-1-2-11-8-13(21(23)24)5-6-14(11)20/h5-6,8,12,15H,1-4,7,9-10H2. The highest BCUT2D eigenvalue weighted by molar-refractivity contribution is 5.96. The van der Waals surface area contributed by atoms with Gasteiger partial charge in [-0.3, -0.25) is 19.8 Å². The minimum absolute atomic E-state index is 0.000330. The number of benzene rings is 1. The number of hydrogen-bond acceptors (Lipinski definition) is 4. The Morgan fingerprint density at radius 1 is 1.42 bits per heavy atom. The number of nitrogens with zero attached hydrogens (tertiary/aromatic N) is 3. The van der Waals surface area contributed by atoms with Gasteiger partial charge in [0.15, 0.2) is 0 Å². The van der Waals surface area contributed by atoms with Gasteiger partial charge >= 0.3 is 0 Å². The van der Waals surface area contributed by atoms with Gasteiger partial charge in [0, 0.05) is 30.4 Å². The third-order valence-electron chi connectivity index (χ3n) is 4.47. The number of carbonyl (C=O) groups excluding carboxylic acids is 1. The number of nitro groups is 1. The van der Waals surface area contributed by atoms with Crippen LogP contribution in [0.1, 0.15) is 24.8 Å². The first-order chi connectivity index (χ1) is 11.5. The number of hydrogen-bond donors (Lipinski definition) is 0. The van der Waals surface area contributed by atoms with Crippen LogP contribution < -0.4 is 4.90 Å². The summed E-state index contributed by atoms with van der Waals surface area (Å²) in [6, 6.07) is 4.53. The molecule has 24 heavy (non-hydrogen) atoms. The number of amides is 1. The molecule has 0 unspecified atom stereocenters. The number of aryl methyl sites for hydroxylation is 1. The fraction of sp³-hybridized carbons (Fsp3) is 0.562. The van der Waals surface area contributed by atoms with Crippen molar-refractivity contribution in [3.8, 4) is 0 Å². The summed E-state index contributed by atoms with van der Waals surface area (Å²) in [5.41, 5.74) is 1.42. The molecule has 0 spiro atoms. The molecule has 3 rings (SSSR count). The summed E-state index contributed by atoms with van der Waals surface area (Å²) in [5, 5.41) is 10.9. The summed E-state index contributed by atoms with van der Waals surface area (Å²) in [6.07, 6.45) is 0.614. The monoisotopic (exact) mass is 339 g/mol. The van der Waals surface area contributed by atoms with Crippen LogP contribution in [0.5, 0.6) is 0 Å². The van der Waals surface area contributed by atoms with Crippen LogP contribution in [0.15, 0.2) is 18.2 Å². The molecule has 0 N–H and O–H groups in total. The molecule has 1 fully saturated rings. The number of alkyl halides is 2. The summed E-state index contributed by atoms with van der Waals surface area (Å²) in [4.78, 5) is 26.2. The molecule has 0 saturated heterocycles. The van der Waals surface area contributed by atoms with E-state index >= 15 is 0 Å². The van der Waals surface area contributed by atoms with Crippen molar-refractivity contribution in [2.75, 3.05) is 24.5 Å². The molecule has 0 bridgehead atoms. The van der Waals surface area contributed by atoms with Crippen LogP contribution in [-0.4, -0.2) is 47.8 Å². The fourth-order valence-corrected chi connectivity index (χ4v) is 3.17. The minimum atomic E-state index is -2.46. The Morgan fingerprint density at radius 2 is 2.17 bits per heavy atom. The van der Waals surface area contributed by atoms with Crippen molar-refractivity contribution >= 4 is 17.3 Å². The topological polar surface area (TPSA) is 66.7 Å². The molecule has 1 aromatic carbocycles. The Morgan fingerprint density at radius 3 is 2.79 bits per heavy atom. The maximum Gasteiger partial charge on any atom is 0.269 e. The number of halogens is 2. The van der Waals surface area contributed by atoms with E-state index in [1.165, 1.54) is 12.1 Å². The summed E-state index contributed by atoms with van der Waals surface area (Å²) >= 11 is 0. The molecular formula is C16H19F2N3O3. The lowest BCUT2D eigenvalue weighted by molar-refractivity contribution is -0.384. The lowest BCUT2D eigenvalue weighted by atomic mass is 10.0. The molecule has 1 amide bonds. The molecule has 0 atom stereocenters. The third-order valence-corrected chi connectivity index (χ3v) is 4.47. The van der Waals surface area contributed by atoms with E-state index in [0.717, 1.165) is 18.4 Å². The van der Waals surface area contributed by atoms with Gasteiger partial charge < -0.3 is 4.90 Å². The van der Waals surface area contributed by atoms with E-state index in [9.17, 15) is 23.7 Å². The molecule has 1 saturated carbocycles. The van der Waals surface area contributed by atoms with Crippen LogP contribution in [0.3, 0.4) is 0 Å². The maximum absolute atomic E-state index is 12.7. The van der Waals surface area contributed by atoms with Crippen molar-refractivity contribution in [2.45, 2.75) is 38.2 Å². The minimum Gasteiger partial charge on any atom is -0.311 e. The zero-order valence-electron chi connectivity index (χ0n) is 13.2. The molecule has 2 aliphatic rings. The Bertz CT molecular complexity index is 649. The molecule has 1 aliphatic heterocycles. The number of nitro benzene ring substituents is 1. The van der Waals surface area contributed by atoms with Crippen LogP contribution in [0.2, 0.25) is 0 Å². The van der Waals surface area contributed by atoms with E-state index in [1.807, 2.05) is 0 Å². The van der Waals surface area contributed by atoms with Gasteiger partial charge in [0.25, 0.3) is 12.1 Å². The molecule has 6 nitrogen and oxygen atoms in total. The third kappa shape index (κ3) is 3.69. The van der Waals surface area contributed by atoms with Crippen LogP contribution in [0.25, 0.3) is 0 Å². The van der Waals surface area contributed by atoms with E-state index in [1.54, 1.807) is 15.9 Å². The normalized spacial score (nSPS) is 17.2. The van der Waals surface area contributed by atoms with Crippen LogP contribution in [0, 0.1) is 10.1 Å². The quantitative estimate of drug-likeness (QED) is 0.590. The van der Waals surface area contributed by atoms with Crippen molar-refractivity contribution in [3.63, 3.8) is 0 Å². The van der Waals surface area contributed by atoms with Gasteiger partial charge in [-0.1, -0.05) is 0 Å². The van der Waals surface area contributed by atoms with Gasteiger partial charge in [-0.15, -0.1) is 0 Å². The van der Waals surface area contributed by atoms with Crippen molar-refractivity contribution in [3.05, 3.63) is 33.9 Å². The van der Waals surface area contributed by atoms with Crippen molar-refractivity contribution in [2.24, 2.45) is 0 Å². The number of fused-ring (bicyclic) bond motifs is 1.